The van der Waals surface area contributed by atoms with E-state index in [2.05, 4.69) is 63.7 Å². The van der Waals surface area contributed by atoms with Crippen LogP contribution >= 0.6 is 60.0 Å². The van der Waals surface area contributed by atoms with Gasteiger partial charge in [-0.15, -0.1) is 0 Å². The van der Waals surface area contributed by atoms with E-state index >= 15 is 0 Å². The van der Waals surface area contributed by atoms with Gasteiger partial charge in [0, 0.05) is 11.3 Å². The number of rotatable bonds is 4. The molecule has 2 aromatic rings. The molecule has 0 aromatic heterocycles. The molecule has 0 bridgehead atoms. The molecule has 0 saturated heterocycles. The van der Waals surface area contributed by atoms with E-state index in [0.29, 0.717) is 10.7 Å². The Morgan fingerprint density at radius 1 is 1.04 bits per heavy atom. The Balaban J connectivity index is 2.05. The van der Waals surface area contributed by atoms with Crippen LogP contribution in [0.1, 0.15) is 15.9 Å². The second-order valence-electron chi connectivity index (χ2n) is 5.28. The van der Waals surface area contributed by atoms with Gasteiger partial charge in [0.2, 0.25) is 0 Å². The molecule has 3 N–H and O–H groups in total. The minimum absolute atomic E-state index is 0.223. The fourth-order valence-electron chi connectivity index (χ4n) is 2.02. The highest BCUT2D eigenvalue weighted by atomic mass is 80.0. The van der Waals surface area contributed by atoms with Crippen molar-refractivity contribution in [3.63, 3.8) is 0 Å². The normalized spacial score (nSPS) is 12.2. The Bertz CT molecular complexity index is 750. The number of carbonyl (C=O) groups is 1. The second kappa shape index (κ2) is 9.12. The molecule has 0 fully saturated rings. The number of nitrogens with one attached hydrogen (secondary N) is 3. The van der Waals surface area contributed by atoms with Gasteiger partial charge in [-0.3, -0.25) is 4.79 Å². The van der Waals surface area contributed by atoms with Crippen molar-refractivity contribution in [3.05, 3.63) is 65.7 Å². The molecule has 0 aliphatic heterocycles. The summed E-state index contributed by atoms with van der Waals surface area (Å²) >= 11 is 15.7. The predicted molar refractivity (Wildman–Crippen MR) is 118 cm³/mol. The summed E-state index contributed by atoms with van der Waals surface area (Å²) in [4.78, 5) is 12.4. The maximum atomic E-state index is 12.4. The average Bonchev–Trinajstić information content (AvgIpc) is 2.54. The van der Waals surface area contributed by atoms with Crippen molar-refractivity contribution in [1.29, 1.82) is 0 Å². The molecule has 1 amide bonds. The van der Waals surface area contributed by atoms with Crippen molar-refractivity contribution >= 4 is 76.7 Å². The number of halogens is 3. The first-order chi connectivity index (χ1) is 11.8. The number of anilines is 1. The monoisotopic (exact) mass is 547 g/mol. The van der Waals surface area contributed by atoms with Gasteiger partial charge in [0.15, 0.2) is 7.26 Å². The molecule has 0 radical (unpaired) electrons. The first kappa shape index (κ1) is 20.4. The smallest absolute Gasteiger partial charge is 0.252 e. The maximum absolute atomic E-state index is 12.4. The summed E-state index contributed by atoms with van der Waals surface area (Å²) < 4.78 is -0.782. The van der Waals surface area contributed by atoms with Crippen LogP contribution in [0.15, 0.2) is 54.6 Å². The van der Waals surface area contributed by atoms with Gasteiger partial charge in [-0.1, -0.05) is 78.1 Å². The number of hydrogen-bond acceptors (Lipinski definition) is 2. The van der Waals surface area contributed by atoms with Gasteiger partial charge >= 0.3 is 0 Å². The molecule has 1 atom stereocenters. The van der Waals surface area contributed by atoms with Crippen LogP contribution in [0, 0.1) is 6.92 Å². The highest BCUT2D eigenvalue weighted by Gasteiger charge is 2.33. The lowest BCUT2D eigenvalue weighted by atomic mass is 10.2. The van der Waals surface area contributed by atoms with Gasteiger partial charge in [-0.05, 0) is 49.0 Å². The van der Waals surface area contributed by atoms with Crippen molar-refractivity contribution in [1.82, 2.24) is 10.6 Å². The van der Waals surface area contributed by atoms with Crippen LogP contribution in [0.5, 0.6) is 0 Å². The van der Waals surface area contributed by atoms with Crippen LogP contribution in [0.25, 0.3) is 0 Å². The Labute approximate surface area is 177 Å². The first-order valence-electron chi connectivity index (χ1n) is 7.32. The average molecular weight is 550 g/mol. The quantitative estimate of drug-likeness (QED) is 0.289. The zero-order valence-corrected chi connectivity index (χ0v) is 18.8. The van der Waals surface area contributed by atoms with Crippen molar-refractivity contribution in [2.45, 2.75) is 15.2 Å². The Morgan fingerprint density at radius 3 is 2.32 bits per heavy atom. The third-order valence-corrected chi connectivity index (χ3v) is 4.78. The molecule has 8 heteroatoms. The topological polar surface area (TPSA) is 53.2 Å². The number of hydrogen-bond donors (Lipinski definition) is 3. The number of amides is 1. The van der Waals surface area contributed by atoms with Crippen LogP contribution in [0.4, 0.5) is 5.69 Å². The van der Waals surface area contributed by atoms with Crippen LogP contribution in [-0.2, 0) is 0 Å². The minimum atomic E-state index is -0.782. The van der Waals surface area contributed by atoms with E-state index in [1.807, 2.05) is 49.4 Å². The lowest BCUT2D eigenvalue weighted by Gasteiger charge is -2.28. The molecule has 2 rings (SSSR count). The highest BCUT2D eigenvalue weighted by molar-refractivity contribution is 9.39. The third-order valence-electron chi connectivity index (χ3n) is 3.19. The SMILES string of the molecule is Cc1cccc(NC(=S)N[C@@H](NC(=O)c2ccccc2)C(Br)(Br)Br)c1. The highest BCUT2D eigenvalue weighted by Crippen LogP contribution is 2.36. The summed E-state index contributed by atoms with van der Waals surface area (Å²) in [6, 6.07) is 16.8. The summed E-state index contributed by atoms with van der Waals surface area (Å²) in [7, 11) is 0. The number of thiocarbonyl (C=S) groups is 1. The lowest BCUT2D eigenvalue weighted by molar-refractivity contribution is 0.0936. The van der Waals surface area contributed by atoms with E-state index < -0.39 is 8.31 Å². The molecular weight excluding hydrogens is 534 g/mol. The fraction of sp³-hybridized carbons (Fsp3) is 0.176. The third kappa shape index (κ3) is 6.69. The molecule has 0 spiro atoms. The number of benzene rings is 2. The zero-order valence-electron chi connectivity index (χ0n) is 13.2. The largest absolute Gasteiger partial charge is 0.340 e. The molecule has 132 valence electrons. The van der Waals surface area contributed by atoms with Crippen LogP contribution in [-0.4, -0.2) is 19.3 Å². The van der Waals surface area contributed by atoms with Gasteiger partial charge in [0.1, 0.15) is 6.17 Å². The predicted octanol–water partition coefficient (Wildman–Crippen LogP) is 4.88. The summed E-state index contributed by atoms with van der Waals surface area (Å²) in [5, 5.41) is 9.44. The standard InChI is InChI=1S/C17H16Br3N3OS/c1-11-6-5-9-13(10-11)21-16(25)23-15(17(18,19)20)22-14(24)12-7-3-2-4-8-12/h2-10,15H,1H3,(H,22,24)(H2,21,23,25)/t15-/m1/s1. The summed E-state index contributed by atoms with van der Waals surface area (Å²) in [6.45, 7) is 2.00. The molecular formula is C17H16Br3N3OS. The Kier molecular flexibility index (Phi) is 7.42. The molecule has 0 aliphatic rings. The van der Waals surface area contributed by atoms with Gasteiger partial charge in [0.25, 0.3) is 5.91 Å². The van der Waals surface area contributed by atoms with Crippen molar-refractivity contribution in [2.24, 2.45) is 0 Å². The molecule has 0 saturated carbocycles. The first-order valence-corrected chi connectivity index (χ1v) is 10.1. The summed E-state index contributed by atoms with van der Waals surface area (Å²) in [6.07, 6.45) is -0.565. The Hall–Kier alpha value is -0.960. The van der Waals surface area contributed by atoms with Gasteiger partial charge in [-0.2, -0.15) is 0 Å². The molecule has 25 heavy (non-hydrogen) atoms. The number of aryl methyl sites for hydroxylation is 1. The van der Waals surface area contributed by atoms with E-state index in [0.717, 1.165) is 11.3 Å². The van der Waals surface area contributed by atoms with Crippen LogP contribution < -0.4 is 16.0 Å². The van der Waals surface area contributed by atoms with E-state index in [-0.39, 0.29) is 5.91 Å². The minimum Gasteiger partial charge on any atom is -0.340 e. The molecule has 0 aliphatic carbocycles. The number of alkyl halides is 3. The molecule has 0 unspecified atom stereocenters. The van der Waals surface area contributed by atoms with Gasteiger partial charge in [0.05, 0.1) is 0 Å². The van der Waals surface area contributed by atoms with E-state index in [1.54, 1.807) is 12.1 Å². The van der Waals surface area contributed by atoms with Gasteiger partial charge in [-0.25, -0.2) is 0 Å². The maximum Gasteiger partial charge on any atom is 0.252 e. The fourth-order valence-corrected chi connectivity index (χ4v) is 2.95. The van der Waals surface area contributed by atoms with Crippen molar-refractivity contribution in [2.75, 3.05) is 5.32 Å². The molecule has 2 aromatic carbocycles. The summed E-state index contributed by atoms with van der Waals surface area (Å²) in [5.74, 6) is -0.223. The second-order valence-corrected chi connectivity index (χ2v) is 12.6. The number of carbonyl (C=O) groups excluding carboxylic acids is 1. The molecule has 4 nitrogen and oxygen atoms in total. The molecule has 0 heterocycles. The van der Waals surface area contributed by atoms with Crippen molar-refractivity contribution in [3.8, 4) is 0 Å². The van der Waals surface area contributed by atoms with E-state index in [4.69, 9.17) is 12.2 Å². The van der Waals surface area contributed by atoms with E-state index in [1.165, 1.54) is 0 Å². The van der Waals surface area contributed by atoms with Gasteiger partial charge < -0.3 is 16.0 Å². The van der Waals surface area contributed by atoms with Crippen molar-refractivity contribution < 1.29 is 4.79 Å². The summed E-state index contributed by atoms with van der Waals surface area (Å²) in [5.41, 5.74) is 2.55. The lowest BCUT2D eigenvalue weighted by Crippen LogP contribution is -2.55. The van der Waals surface area contributed by atoms with E-state index in [9.17, 15) is 4.79 Å². The van der Waals surface area contributed by atoms with Crippen LogP contribution in [0.3, 0.4) is 0 Å². The van der Waals surface area contributed by atoms with Crippen LogP contribution in [0.2, 0.25) is 0 Å². The zero-order chi connectivity index (χ0) is 18.4. The Morgan fingerprint density at radius 2 is 1.72 bits per heavy atom.